The van der Waals surface area contributed by atoms with Crippen molar-refractivity contribution < 1.29 is 66.7 Å². The number of esters is 5. The van der Waals surface area contributed by atoms with Crippen LogP contribution in [-0.4, -0.2) is 97.3 Å². The highest BCUT2D eigenvalue weighted by Gasteiger charge is 2.53. The molecule has 0 aromatic rings. The summed E-state index contributed by atoms with van der Waals surface area (Å²) in [7, 11) is 0. The van der Waals surface area contributed by atoms with Gasteiger partial charge < -0.3 is 43.8 Å². The Labute approximate surface area is 230 Å². The molecule has 1 heterocycles. The van der Waals surface area contributed by atoms with Crippen molar-refractivity contribution in [2.24, 2.45) is 0 Å². The summed E-state index contributed by atoms with van der Waals surface area (Å²) in [5, 5.41) is 4.67. The van der Waals surface area contributed by atoms with Crippen LogP contribution in [0.4, 0.5) is 4.79 Å². The van der Waals surface area contributed by atoms with Crippen LogP contribution in [0.3, 0.4) is 0 Å². The SMILES string of the molecule is CC(=O)OC[C@H]1O[C@@H](NC(=O)C(CNC(=O)OC(C)(C)C)OC(C)=O)[C@H](OC(C)=O)[C@@H](OC(C)=O)[C@@H]1OC(C)=O. The molecule has 16 nitrogen and oxygen atoms in total. The van der Waals surface area contributed by atoms with Gasteiger partial charge in [0.05, 0.1) is 6.54 Å². The highest BCUT2D eigenvalue weighted by atomic mass is 16.7. The van der Waals surface area contributed by atoms with Gasteiger partial charge in [0.25, 0.3) is 5.91 Å². The smallest absolute Gasteiger partial charge is 0.407 e. The van der Waals surface area contributed by atoms with Gasteiger partial charge >= 0.3 is 35.9 Å². The number of ether oxygens (including phenoxy) is 7. The summed E-state index contributed by atoms with van der Waals surface area (Å²) in [6.07, 6.45) is -9.98. The normalized spacial score (nSPS) is 22.9. The molecule has 16 heteroatoms. The van der Waals surface area contributed by atoms with Crippen LogP contribution in [0.5, 0.6) is 0 Å². The molecule has 0 aromatic heterocycles. The predicted molar refractivity (Wildman–Crippen MR) is 130 cm³/mol. The molecule has 6 atom stereocenters. The fraction of sp³-hybridized carbons (Fsp3) is 0.708. The van der Waals surface area contributed by atoms with E-state index in [4.69, 9.17) is 33.2 Å². The molecule has 0 aromatic carbocycles. The van der Waals surface area contributed by atoms with E-state index in [2.05, 4.69) is 10.6 Å². The first kappa shape index (κ1) is 34.1. The molecule has 0 aliphatic carbocycles. The number of hydrogen-bond donors (Lipinski definition) is 2. The number of carbonyl (C=O) groups is 7. The lowest BCUT2D eigenvalue weighted by atomic mass is 9.97. The largest absolute Gasteiger partial charge is 0.463 e. The lowest BCUT2D eigenvalue weighted by Crippen LogP contribution is -2.67. The predicted octanol–water partition coefficient (Wildman–Crippen LogP) is -0.358. The zero-order valence-corrected chi connectivity index (χ0v) is 23.6. The number of rotatable bonds is 10. The molecule has 1 aliphatic heterocycles. The third-order valence-corrected chi connectivity index (χ3v) is 4.71. The first-order valence-corrected chi connectivity index (χ1v) is 12.1. The van der Waals surface area contributed by atoms with Gasteiger partial charge in [0, 0.05) is 34.6 Å². The molecule has 2 N–H and O–H groups in total. The summed E-state index contributed by atoms with van der Waals surface area (Å²) in [5.41, 5.74) is -0.850. The topological polar surface area (TPSA) is 208 Å². The third-order valence-electron chi connectivity index (χ3n) is 4.71. The van der Waals surface area contributed by atoms with Gasteiger partial charge in [-0.2, -0.15) is 0 Å². The summed E-state index contributed by atoms with van der Waals surface area (Å²) in [6.45, 7) is 9.08. The second kappa shape index (κ2) is 15.0. The molecule has 1 unspecified atom stereocenters. The Hall–Kier alpha value is -3.95. The van der Waals surface area contributed by atoms with Crippen molar-refractivity contribution in [2.45, 2.75) is 97.7 Å². The van der Waals surface area contributed by atoms with Crippen LogP contribution >= 0.6 is 0 Å². The van der Waals surface area contributed by atoms with Gasteiger partial charge in [0.1, 0.15) is 18.3 Å². The molecule has 1 saturated heterocycles. The molecule has 0 radical (unpaired) electrons. The Balaban J connectivity index is 3.35. The fourth-order valence-corrected chi connectivity index (χ4v) is 3.46. The second-order valence-corrected chi connectivity index (χ2v) is 9.61. The molecule has 1 rings (SSSR count). The fourth-order valence-electron chi connectivity index (χ4n) is 3.46. The Morgan fingerprint density at radius 2 is 1.27 bits per heavy atom. The van der Waals surface area contributed by atoms with Crippen LogP contribution in [0.15, 0.2) is 0 Å². The molecule has 0 saturated carbocycles. The molecule has 1 fully saturated rings. The summed E-state index contributed by atoms with van der Waals surface area (Å²) in [5.74, 6) is -5.18. The van der Waals surface area contributed by atoms with Crippen molar-refractivity contribution in [1.29, 1.82) is 0 Å². The minimum absolute atomic E-state index is 0.516. The monoisotopic (exact) mass is 576 g/mol. The Kier molecular flexibility index (Phi) is 12.8. The van der Waals surface area contributed by atoms with Crippen molar-refractivity contribution in [3.05, 3.63) is 0 Å². The summed E-state index contributed by atoms with van der Waals surface area (Å²) in [6, 6.07) is 0. The average Bonchev–Trinajstić information content (AvgIpc) is 2.76. The van der Waals surface area contributed by atoms with E-state index in [1.807, 2.05) is 0 Å². The van der Waals surface area contributed by atoms with Crippen LogP contribution in [0, 0.1) is 0 Å². The van der Waals surface area contributed by atoms with Crippen LogP contribution in [0.25, 0.3) is 0 Å². The van der Waals surface area contributed by atoms with Crippen LogP contribution in [-0.2, 0) is 61.9 Å². The van der Waals surface area contributed by atoms with E-state index in [1.165, 1.54) is 0 Å². The van der Waals surface area contributed by atoms with Crippen LogP contribution in [0.1, 0.15) is 55.4 Å². The van der Waals surface area contributed by atoms with E-state index >= 15 is 0 Å². The molecular formula is C24H36N2O14. The van der Waals surface area contributed by atoms with E-state index < -0.39 is 97.3 Å². The number of nitrogens with one attached hydrogen (secondary N) is 2. The van der Waals surface area contributed by atoms with Gasteiger partial charge in [0.15, 0.2) is 30.6 Å². The quantitative estimate of drug-likeness (QED) is 0.252. The van der Waals surface area contributed by atoms with Crippen LogP contribution in [0.2, 0.25) is 0 Å². The van der Waals surface area contributed by atoms with E-state index in [9.17, 15) is 33.6 Å². The zero-order valence-electron chi connectivity index (χ0n) is 23.6. The highest BCUT2D eigenvalue weighted by molar-refractivity contribution is 5.84. The van der Waals surface area contributed by atoms with Gasteiger partial charge in [-0.05, 0) is 20.8 Å². The Morgan fingerprint density at radius 3 is 1.75 bits per heavy atom. The van der Waals surface area contributed by atoms with Crippen molar-refractivity contribution in [1.82, 2.24) is 10.6 Å². The molecule has 0 spiro atoms. The highest BCUT2D eigenvalue weighted by Crippen LogP contribution is 2.28. The summed E-state index contributed by atoms with van der Waals surface area (Å²) < 4.78 is 36.7. The summed E-state index contributed by atoms with van der Waals surface area (Å²) >= 11 is 0. The molecule has 1 aliphatic rings. The van der Waals surface area contributed by atoms with Gasteiger partial charge in [-0.15, -0.1) is 0 Å². The van der Waals surface area contributed by atoms with E-state index in [0.29, 0.717) is 0 Å². The second-order valence-electron chi connectivity index (χ2n) is 9.61. The Morgan fingerprint density at radius 1 is 0.750 bits per heavy atom. The van der Waals surface area contributed by atoms with Gasteiger partial charge in [-0.3, -0.25) is 28.8 Å². The van der Waals surface area contributed by atoms with Gasteiger partial charge in [-0.25, -0.2) is 4.79 Å². The molecular weight excluding hydrogens is 540 g/mol. The minimum atomic E-state index is -1.61. The lowest BCUT2D eigenvalue weighted by Gasteiger charge is -2.44. The van der Waals surface area contributed by atoms with Gasteiger partial charge in [-0.1, -0.05) is 0 Å². The number of alkyl carbamates (subject to hydrolysis) is 1. The number of amides is 2. The molecule has 226 valence electrons. The first-order valence-electron chi connectivity index (χ1n) is 12.1. The third kappa shape index (κ3) is 12.3. The number of hydrogen-bond acceptors (Lipinski definition) is 14. The van der Waals surface area contributed by atoms with Crippen molar-refractivity contribution in [3.63, 3.8) is 0 Å². The summed E-state index contributed by atoms with van der Waals surface area (Å²) in [4.78, 5) is 84.0. The van der Waals surface area contributed by atoms with E-state index in [-0.39, 0.29) is 0 Å². The molecule has 40 heavy (non-hydrogen) atoms. The number of carbonyl (C=O) groups excluding carboxylic acids is 7. The maximum Gasteiger partial charge on any atom is 0.407 e. The lowest BCUT2D eigenvalue weighted by molar-refractivity contribution is -0.257. The maximum absolute atomic E-state index is 13.2. The van der Waals surface area contributed by atoms with Crippen LogP contribution < -0.4 is 10.6 Å². The standard InChI is InChI=1S/C24H36N2O14/c1-11(27)34-10-17-18(36-13(3)29)19(37-14(4)30)20(38-15(5)31)22(39-17)26-21(32)16(35-12(2)28)9-25-23(33)40-24(6,7)8/h16-20,22H,9-10H2,1-8H3,(H,25,33)(H,26,32)/t16?,17-,18-,19+,20-,22-/m1/s1. The minimum Gasteiger partial charge on any atom is -0.463 e. The first-order chi connectivity index (χ1) is 18.4. The van der Waals surface area contributed by atoms with E-state index in [1.54, 1.807) is 20.8 Å². The van der Waals surface area contributed by atoms with E-state index in [0.717, 1.165) is 34.6 Å². The maximum atomic E-state index is 13.2. The van der Waals surface area contributed by atoms with Gasteiger partial charge in [0.2, 0.25) is 0 Å². The van der Waals surface area contributed by atoms with Crippen molar-refractivity contribution in [3.8, 4) is 0 Å². The van der Waals surface area contributed by atoms with Crippen molar-refractivity contribution >= 4 is 41.8 Å². The Bertz CT molecular complexity index is 975. The molecule has 0 bridgehead atoms. The van der Waals surface area contributed by atoms with Crippen molar-refractivity contribution in [2.75, 3.05) is 13.2 Å². The average molecular weight is 577 g/mol. The zero-order chi connectivity index (χ0) is 30.8. The molecule has 2 amide bonds.